The Morgan fingerprint density at radius 3 is 2.67 bits per heavy atom. The van der Waals surface area contributed by atoms with Gasteiger partial charge >= 0.3 is 6.61 Å². The van der Waals surface area contributed by atoms with Gasteiger partial charge < -0.3 is 15.2 Å². The topological polar surface area (TPSA) is 111 Å². The van der Waals surface area contributed by atoms with Crippen molar-refractivity contribution in [2.45, 2.75) is 69.7 Å². The summed E-state index contributed by atoms with van der Waals surface area (Å²) in [5.74, 6) is -1.74. The molecule has 3 atom stereocenters. The molecule has 1 saturated carbocycles. The Balaban J connectivity index is 1.48. The first-order chi connectivity index (χ1) is 16.9. The number of alkyl halides is 2. The number of ether oxygens (including phenoxy) is 1. The minimum atomic E-state index is -3.13. The van der Waals surface area contributed by atoms with Gasteiger partial charge in [0.25, 0.3) is 0 Å². The van der Waals surface area contributed by atoms with Gasteiger partial charge in [-0.05, 0) is 57.2 Å². The van der Waals surface area contributed by atoms with Crippen molar-refractivity contribution < 1.29 is 36.2 Å². The predicted octanol–water partition coefficient (Wildman–Crippen LogP) is 2.78. The number of rotatable bonds is 6. The lowest BCUT2D eigenvalue weighted by Gasteiger charge is -2.39. The first-order valence-corrected chi connectivity index (χ1v) is 13.8. The van der Waals surface area contributed by atoms with Crippen LogP contribution in [0.25, 0.3) is 11.3 Å². The summed E-state index contributed by atoms with van der Waals surface area (Å²) in [4.78, 5) is 13.1. The van der Waals surface area contributed by atoms with E-state index >= 15 is 0 Å². The summed E-state index contributed by atoms with van der Waals surface area (Å²) >= 11 is 0. The van der Waals surface area contributed by atoms with Gasteiger partial charge in [0.1, 0.15) is 11.6 Å². The number of aliphatic hydroxyl groups is 1. The van der Waals surface area contributed by atoms with Crippen molar-refractivity contribution in [1.82, 2.24) is 15.1 Å². The maximum Gasteiger partial charge on any atom is 0.387 e. The molecule has 2 aromatic rings. The van der Waals surface area contributed by atoms with Gasteiger partial charge in [-0.3, -0.25) is 9.48 Å². The standard InChI is InChI=1S/C24H28F3N3O5S/c1-24(11-36(33,34)12-24)28-22(32)13-5-7-15-19(9-13)30(18-3-2-4-20(18)31)29-21(15)16-10-14(35-23(26)27)6-8-17(16)25/h6,8,10,13,18,20,23,31H,2-5,7,9,11-12H2,1H3,(H,28,32)/t13-,18+,20-/m1/s1. The average Bonchev–Trinajstić information content (AvgIpc) is 3.35. The number of sulfone groups is 1. The number of fused-ring (bicyclic) bond motifs is 1. The molecule has 12 heteroatoms. The molecule has 36 heavy (non-hydrogen) atoms. The fourth-order valence-corrected chi connectivity index (χ4v) is 7.82. The van der Waals surface area contributed by atoms with Crippen LogP contribution in [-0.4, -0.2) is 59.0 Å². The van der Waals surface area contributed by atoms with Gasteiger partial charge in [-0.15, -0.1) is 0 Å². The smallest absolute Gasteiger partial charge is 0.387 e. The molecule has 2 N–H and O–H groups in total. The molecule has 196 valence electrons. The van der Waals surface area contributed by atoms with Crippen LogP contribution in [-0.2, 0) is 27.5 Å². The van der Waals surface area contributed by atoms with Crippen molar-refractivity contribution in [1.29, 1.82) is 0 Å². The van der Waals surface area contributed by atoms with Crippen molar-refractivity contribution in [2.75, 3.05) is 11.5 Å². The molecule has 1 aromatic heterocycles. The number of benzene rings is 1. The molecule has 0 radical (unpaired) electrons. The molecule has 1 saturated heterocycles. The van der Waals surface area contributed by atoms with Gasteiger partial charge in [-0.1, -0.05) is 0 Å². The number of hydrogen-bond acceptors (Lipinski definition) is 6. The van der Waals surface area contributed by atoms with Crippen LogP contribution < -0.4 is 10.1 Å². The second-order valence-corrected chi connectivity index (χ2v) is 12.4. The Morgan fingerprint density at radius 2 is 2.03 bits per heavy atom. The van der Waals surface area contributed by atoms with Gasteiger partial charge in [-0.2, -0.15) is 13.9 Å². The predicted molar refractivity (Wildman–Crippen MR) is 124 cm³/mol. The normalized spacial score (nSPS) is 26.3. The van der Waals surface area contributed by atoms with Crippen molar-refractivity contribution in [3.63, 3.8) is 0 Å². The van der Waals surface area contributed by atoms with Crippen molar-refractivity contribution >= 4 is 15.7 Å². The zero-order valence-corrected chi connectivity index (χ0v) is 20.5. The van der Waals surface area contributed by atoms with E-state index in [0.717, 1.165) is 18.6 Å². The number of aromatic nitrogens is 2. The van der Waals surface area contributed by atoms with E-state index < -0.39 is 39.8 Å². The van der Waals surface area contributed by atoms with E-state index in [1.54, 1.807) is 11.6 Å². The molecule has 8 nitrogen and oxygen atoms in total. The molecule has 5 rings (SSSR count). The van der Waals surface area contributed by atoms with Crippen LogP contribution in [0.3, 0.4) is 0 Å². The number of aliphatic hydroxyl groups excluding tert-OH is 1. The largest absolute Gasteiger partial charge is 0.435 e. The number of nitrogens with one attached hydrogen (secondary N) is 1. The van der Waals surface area contributed by atoms with Crippen molar-refractivity contribution in [2.24, 2.45) is 5.92 Å². The highest BCUT2D eigenvalue weighted by molar-refractivity contribution is 7.93. The number of nitrogens with zero attached hydrogens (tertiary/aromatic N) is 2. The fraction of sp³-hybridized carbons (Fsp3) is 0.583. The van der Waals surface area contributed by atoms with E-state index in [-0.39, 0.29) is 46.9 Å². The van der Waals surface area contributed by atoms with Crippen LogP contribution in [0.2, 0.25) is 0 Å². The quantitative estimate of drug-likeness (QED) is 0.598. The van der Waals surface area contributed by atoms with E-state index in [0.29, 0.717) is 36.9 Å². The van der Waals surface area contributed by atoms with Gasteiger partial charge in [0, 0.05) is 29.2 Å². The van der Waals surface area contributed by atoms with E-state index in [2.05, 4.69) is 15.2 Å². The van der Waals surface area contributed by atoms with Gasteiger partial charge in [0.15, 0.2) is 9.84 Å². The molecule has 2 heterocycles. The molecule has 0 bridgehead atoms. The zero-order valence-electron chi connectivity index (χ0n) is 19.7. The van der Waals surface area contributed by atoms with E-state index in [1.807, 2.05) is 0 Å². The Bertz CT molecular complexity index is 1280. The molecular weight excluding hydrogens is 499 g/mol. The average molecular weight is 528 g/mol. The molecule has 1 aliphatic heterocycles. The van der Waals surface area contributed by atoms with Crippen LogP contribution in [0.4, 0.5) is 13.2 Å². The number of carbonyl (C=O) groups is 1. The molecule has 1 aromatic carbocycles. The zero-order chi connectivity index (χ0) is 25.8. The number of carbonyl (C=O) groups excluding carboxylic acids is 1. The van der Waals surface area contributed by atoms with E-state index in [1.165, 1.54) is 6.07 Å². The first kappa shape index (κ1) is 25.1. The third-order valence-corrected chi connectivity index (χ3v) is 9.50. The lowest BCUT2D eigenvalue weighted by molar-refractivity contribution is -0.126. The summed E-state index contributed by atoms with van der Waals surface area (Å²) in [6, 6.07) is 3.02. The first-order valence-electron chi connectivity index (χ1n) is 12.0. The van der Waals surface area contributed by atoms with E-state index in [9.17, 15) is 31.5 Å². The van der Waals surface area contributed by atoms with Crippen LogP contribution in [0.15, 0.2) is 18.2 Å². The van der Waals surface area contributed by atoms with Gasteiger partial charge in [0.05, 0.1) is 34.9 Å². The lowest BCUT2D eigenvalue weighted by atomic mass is 9.84. The van der Waals surface area contributed by atoms with Crippen LogP contribution >= 0.6 is 0 Å². The lowest BCUT2D eigenvalue weighted by Crippen LogP contribution is -2.64. The third kappa shape index (κ3) is 4.72. The fourth-order valence-electron chi connectivity index (χ4n) is 5.82. The third-order valence-electron chi connectivity index (χ3n) is 7.35. The Hall–Kier alpha value is -2.60. The molecule has 0 unspecified atom stereocenters. The van der Waals surface area contributed by atoms with Gasteiger partial charge in [0.2, 0.25) is 5.91 Å². The van der Waals surface area contributed by atoms with E-state index in [4.69, 9.17) is 0 Å². The van der Waals surface area contributed by atoms with Crippen molar-refractivity contribution in [3.05, 3.63) is 35.3 Å². The van der Waals surface area contributed by atoms with Crippen LogP contribution in [0, 0.1) is 11.7 Å². The monoisotopic (exact) mass is 527 g/mol. The Morgan fingerprint density at radius 1 is 1.28 bits per heavy atom. The molecular formula is C24H28F3N3O5S. The number of halogens is 3. The maximum absolute atomic E-state index is 14.9. The summed E-state index contributed by atoms with van der Waals surface area (Å²) in [7, 11) is -3.13. The van der Waals surface area contributed by atoms with Crippen LogP contribution in [0.5, 0.6) is 5.75 Å². The Labute approximate surface area is 206 Å². The maximum atomic E-state index is 14.9. The molecule has 2 aliphatic carbocycles. The van der Waals surface area contributed by atoms with Gasteiger partial charge in [-0.25, -0.2) is 12.8 Å². The summed E-state index contributed by atoms with van der Waals surface area (Å²) in [5.41, 5.74) is 0.928. The number of hydrogen-bond donors (Lipinski definition) is 2. The minimum absolute atomic E-state index is 0.0192. The second-order valence-electron chi connectivity index (χ2n) is 10.3. The molecule has 1 amide bonds. The molecule has 3 aliphatic rings. The summed E-state index contributed by atoms with van der Waals surface area (Å²) < 4.78 is 69.8. The number of amides is 1. The highest BCUT2D eigenvalue weighted by Crippen LogP contribution is 2.40. The minimum Gasteiger partial charge on any atom is -0.435 e. The van der Waals surface area contributed by atoms with Crippen LogP contribution in [0.1, 0.15) is 49.9 Å². The second kappa shape index (κ2) is 9.05. The summed E-state index contributed by atoms with van der Waals surface area (Å²) in [6.07, 6.45) is 2.51. The summed E-state index contributed by atoms with van der Waals surface area (Å²) in [6.45, 7) is -1.36. The molecule has 0 spiro atoms. The SMILES string of the molecule is CC1(NC(=O)[C@@H]2CCc3c(-c4cc(OC(F)F)ccc4F)nn([C@H]4CCC[C@H]4O)c3C2)CS(=O)(=O)C1. The summed E-state index contributed by atoms with van der Waals surface area (Å²) in [5, 5.41) is 18.1. The molecule has 2 fully saturated rings. The highest BCUT2D eigenvalue weighted by atomic mass is 32.2. The Kier molecular flexibility index (Phi) is 6.30. The highest BCUT2D eigenvalue weighted by Gasteiger charge is 2.47. The van der Waals surface area contributed by atoms with Crippen molar-refractivity contribution in [3.8, 4) is 17.0 Å².